The van der Waals surface area contributed by atoms with Crippen LogP contribution in [0.25, 0.3) is 0 Å². The molecule has 1 aromatic rings. The summed E-state index contributed by atoms with van der Waals surface area (Å²) in [5, 5.41) is 0. The van der Waals surface area contributed by atoms with Gasteiger partial charge >= 0.3 is 69.7 Å². The van der Waals surface area contributed by atoms with Gasteiger partial charge in [-0.1, -0.05) is 0 Å². The van der Waals surface area contributed by atoms with E-state index in [-0.39, 0.29) is 0 Å². The molecule has 0 spiro atoms. The summed E-state index contributed by atoms with van der Waals surface area (Å²) in [5.74, 6) is 0. The molecule has 0 aliphatic carbocycles. The van der Waals surface area contributed by atoms with Crippen molar-refractivity contribution in [1.82, 2.24) is 0 Å². The molecular weight excluding hydrogens is 220 g/mol. The molecule has 11 heavy (non-hydrogen) atoms. The van der Waals surface area contributed by atoms with Crippen LogP contribution in [-0.4, -0.2) is 16.0 Å². The van der Waals surface area contributed by atoms with E-state index in [1.165, 1.54) is 6.07 Å². The van der Waals surface area contributed by atoms with Gasteiger partial charge in [-0.15, -0.1) is 0 Å². The normalized spacial score (nSPS) is 11.5. The zero-order valence-electron chi connectivity index (χ0n) is 5.35. The fraction of sp³-hybridized carbons (Fsp3) is 0.143. The van der Waals surface area contributed by atoms with Crippen LogP contribution in [0.3, 0.4) is 0 Å². The Morgan fingerprint density at radius 2 is 1.82 bits per heavy atom. The number of rotatable bonds is 0. The number of hydrogen-bond donors (Lipinski definition) is 0. The first-order chi connectivity index (χ1) is 5.00. The fourth-order valence-corrected chi connectivity index (χ4v) is 1.10. The van der Waals surface area contributed by atoms with Crippen LogP contribution in [0.2, 0.25) is 0 Å². The Hall–Kier alpha value is -0.471. The Morgan fingerprint density at radius 3 is 2.18 bits per heavy atom. The fourth-order valence-electron chi connectivity index (χ4n) is 0.672. The van der Waals surface area contributed by atoms with Gasteiger partial charge in [0.25, 0.3) is 0 Å². The standard InChI is InChI=1S/C7H4F3Se/c8-7(9,10)5-2-1-3-6(11)4-5/h1-4H. The third-order valence-corrected chi connectivity index (χ3v) is 1.69. The molecule has 0 nitrogen and oxygen atoms in total. The summed E-state index contributed by atoms with van der Waals surface area (Å²) in [5.41, 5.74) is -0.617. The monoisotopic (exact) mass is 225 g/mol. The molecule has 0 heterocycles. The third-order valence-electron chi connectivity index (χ3n) is 1.16. The quantitative estimate of drug-likeness (QED) is 0.586. The zero-order chi connectivity index (χ0) is 8.48. The summed E-state index contributed by atoms with van der Waals surface area (Å²) in [4.78, 5) is 0. The summed E-state index contributed by atoms with van der Waals surface area (Å²) >= 11 is 2.51. The molecule has 0 atom stereocenters. The molecule has 59 valence electrons. The van der Waals surface area contributed by atoms with Crippen molar-refractivity contribution in [2.75, 3.05) is 0 Å². The number of alkyl halides is 3. The van der Waals surface area contributed by atoms with Crippen molar-refractivity contribution in [3.05, 3.63) is 29.8 Å². The molecule has 1 radical (unpaired) electrons. The van der Waals surface area contributed by atoms with Gasteiger partial charge in [-0.25, -0.2) is 0 Å². The first kappa shape index (κ1) is 8.62. The van der Waals surface area contributed by atoms with Crippen LogP contribution in [0.4, 0.5) is 13.2 Å². The molecule has 0 fully saturated rings. The summed E-state index contributed by atoms with van der Waals surface area (Å²) in [6.45, 7) is 0. The van der Waals surface area contributed by atoms with E-state index in [2.05, 4.69) is 16.0 Å². The topological polar surface area (TPSA) is 0 Å². The second-order valence-corrected chi connectivity index (χ2v) is 3.01. The molecule has 0 bridgehead atoms. The van der Waals surface area contributed by atoms with Gasteiger partial charge in [0.1, 0.15) is 0 Å². The van der Waals surface area contributed by atoms with Gasteiger partial charge in [-0.2, -0.15) is 0 Å². The van der Waals surface area contributed by atoms with Crippen LogP contribution < -0.4 is 4.46 Å². The van der Waals surface area contributed by atoms with Crippen LogP contribution in [-0.2, 0) is 6.18 Å². The van der Waals surface area contributed by atoms with E-state index < -0.39 is 11.7 Å². The Labute approximate surface area is 70.2 Å². The van der Waals surface area contributed by atoms with Gasteiger partial charge in [0.2, 0.25) is 0 Å². The van der Waals surface area contributed by atoms with Crippen LogP contribution in [0.1, 0.15) is 5.56 Å². The van der Waals surface area contributed by atoms with Crippen LogP contribution >= 0.6 is 0 Å². The molecule has 0 unspecified atom stereocenters. The van der Waals surface area contributed by atoms with Crippen molar-refractivity contribution >= 4 is 20.5 Å². The molecule has 0 amide bonds. The van der Waals surface area contributed by atoms with Crippen molar-refractivity contribution < 1.29 is 13.2 Å². The Morgan fingerprint density at radius 1 is 1.18 bits per heavy atom. The molecule has 4 heteroatoms. The minimum absolute atomic E-state index is 0.500. The molecule has 0 aliphatic heterocycles. The molecule has 0 aromatic heterocycles. The van der Waals surface area contributed by atoms with Gasteiger partial charge in [0.05, 0.1) is 0 Å². The van der Waals surface area contributed by atoms with Crippen LogP contribution in [0.5, 0.6) is 0 Å². The van der Waals surface area contributed by atoms with E-state index >= 15 is 0 Å². The molecule has 0 saturated carbocycles. The van der Waals surface area contributed by atoms with Gasteiger partial charge in [0.15, 0.2) is 0 Å². The first-order valence-corrected chi connectivity index (χ1v) is 3.70. The molecule has 1 rings (SSSR count). The number of benzene rings is 1. The molecule has 1 aromatic carbocycles. The van der Waals surface area contributed by atoms with Crippen molar-refractivity contribution in [3.8, 4) is 0 Å². The van der Waals surface area contributed by atoms with E-state index in [0.29, 0.717) is 4.46 Å². The maximum atomic E-state index is 12.0. The van der Waals surface area contributed by atoms with Crippen molar-refractivity contribution in [1.29, 1.82) is 0 Å². The van der Waals surface area contributed by atoms with Crippen LogP contribution in [0.15, 0.2) is 24.3 Å². The van der Waals surface area contributed by atoms with E-state index in [0.717, 1.165) is 12.1 Å². The average molecular weight is 224 g/mol. The summed E-state index contributed by atoms with van der Waals surface area (Å²) in [6, 6.07) is 5.06. The second kappa shape index (κ2) is 2.87. The van der Waals surface area contributed by atoms with Gasteiger partial charge in [0, 0.05) is 0 Å². The van der Waals surface area contributed by atoms with Crippen LogP contribution in [0, 0.1) is 0 Å². The number of hydrogen-bond acceptors (Lipinski definition) is 0. The Kier molecular flexibility index (Phi) is 2.25. The second-order valence-electron chi connectivity index (χ2n) is 2.03. The maximum absolute atomic E-state index is 12.0. The number of halogens is 3. The summed E-state index contributed by atoms with van der Waals surface area (Å²) < 4.78 is 36.4. The van der Waals surface area contributed by atoms with E-state index in [1.54, 1.807) is 6.07 Å². The molecule has 0 aliphatic rings. The van der Waals surface area contributed by atoms with E-state index in [9.17, 15) is 13.2 Å². The average Bonchev–Trinajstić information content (AvgIpc) is 1.86. The predicted octanol–water partition coefficient (Wildman–Crippen LogP) is 1.50. The molecule has 0 saturated heterocycles. The molecule has 0 N–H and O–H groups in total. The Balaban J connectivity index is 3.06. The summed E-state index contributed by atoms with van der Waals surface area (Å²) in [6.07, 6.45) is -4.24. The van der Waals surface area contributed by atoms with Gasteiger partial charge in [-0.3, -0.25) is 0 Å². The van der Waals surface area contributed by atoms with Crippen molar-refractivity contribution in [3.63, 3.8) is 0 Å². The zero-order valence-corrected chi connectivity index (χ0v) is 7.06. The van der Waals surface area contributed by atoms with Gasteiger partial charge < -0.3 is 0 Å². The third kappa shape index (κ3) is 2.24. The molecular formula is C7H4F3Se. The van der Waals surface area contributed by atoms with Gasteiger partial charge in [-0.05, 0) is 0 Å². The predicted molar refractivity (Wildman–Crippen MR) is 36.8 cm³/mol. The summed E-state index contributed by atoms with van der Waals surface area (Å²) in [7, 11) is 0. The van der Waals surface area contributed by atoms with Crippen molar-refractivity contribution in [2.45, 2.75) is 6.18 Å². The van der Waals surface area contributed by atoms with E-state index in [1.807, 2.05) is 0 Å². The first-order valence-electron chi connectivity index (χ1n) is 2.84. The minimum atomic E-state index is -4.24. The van der Waals surface area contributed by atoms with E-state index in [4.69, 9.17) is 0 Å². The van der Waals surface area contributed by atoms with Crippen molar-refractivity contribution in [2.24, 2.45) is 0 Å². The Bertz CT molecular complexity index is 254. The SMILES string of the molecule is FC(F)(F)c1cccc([Se])c1.